The zero-order valence-electron chi connectivity index (χ0n) is 17.0. The number of esters is 1. The lowest BCUT2D eigenvalue weighted by molar-refractivity contribution is -0.153. The summed E-state index contributed by atoms with van der Waals surface area (Å²) in [6, 6.07) is 0. The predicted octanol–water partition coefficient (Wildman–Crippen LogP) is 4.81. The van der Waals surface area contributed by atoms with Crippen molar-refractivity contribution >= 4 is 5.97 Å². The maximum atomic E-state index is 11.6. The Morgan fingerprint density at radius 3 is 1.84 bits per heavy atom. The monoisotopic (exact) mass is 355 g/mol. The molecule has 1 rings (SSSR count). The Kier molecular flexibility index (Phi) is 12.2. The van der Waals surface area contributed by atoms with E-state index in [9.17, 15) is 4.79 Å². The van der Waals surface area contributed by atoms with Crippen LogP contribution in [0.5, 0.6) is 0 Å². The molecular weight excluding hydrogens is 314 g/mol. The average Bonchev–Trinajstić information content (AvgIpc) is 2.58. The van der Waals surface area contributed by atoms with Crippen LogP contribution >= 0.6 is 0 Å². The topological polar surface area (TPSA) is 38.8 Å². The van der Waals surface area contributed by atoms with Crippen molar-refractivity contribution in [1.82, 2.24) is 4.90 Å². The molecule has 4 heteroatoms. The summed E-state index contributed by atoms with van der Waals surface area (Å²) in [5.74, 6) is -0.0823. The molecule has 0 amide bonds. The highest BCUT2D eigenvalue weighted by atomic mass is 16.5. The summed E-state index contributed by atoms with van der Waals surface area (Å²) in [6.45, 7) is 11.6. The van der Waals surface area contributed by atoms with Crippen LogP contribution < -0.4 is 0 Å². The van der Waals surface area contributed by atoms with Crippen molar-refractivity contribution in [3.63, 3.8) is 0 Å². The van der Waals surface area contributed by atoms with E-state index in [0.717, 1.165) is 32.7 Å². The highest BCUT2D eigenvalue weighted by molar-refractivity contribution is 5.75. The van der Waals surface area contributed by atoms with Gasteiger partial charge in [-0.2, -0.15) is 0 Å². The molecule has 1 saturated heterocycles. The molecule has 0 N–H and O–H groups in total. The van der Waals surface area contributed by atoms with Gasteiger partial charge in [0.05, 0.1) is 25.2 Å². The van der Waals surface area contributed by atoms with E-state index in [1.807, 2.05) is 20.8 Å². The Morgan fingerprint density at radius 2 is 1.32 bits per heavy atom. The molecule has 0 radical (unpaired) electrons. The minimum Gasteiger partial charge on any atom is -0.465 e. The highest BCUT2D eigenvalue weighted by Crippen LogP contribution is 2.16. The lowest BCUT2D eigenvalue weighted by atomic mass is 9.97. The van der Waals surface area contributed by atoms with Gasteiger partial charge < -0.3 is 9.47 Å². The molecule has 0 aliphatic carbocycles. The molecule has 0 unspecified atom stereocenters. The summed E-state index contributed by atoms with van der Waals surface area (Å²) in [5.41, 5.74) is -0.373. The van der Waals surface area contributed by atoms with Crippen LogP contribution in [0.3, 0.4) is 0 Å². The van der Waals surface area contributed by atoms with Crippen LogP contribution in [-0.4, -0.2) is 50.3 Å². The van der Waals surface area contributed by atoms with Gasteiger partial charge in [0.2, 0.25) is 0 Å². The van der Waals surface area contributed by atoms with Crippen molar-refractivity contribution in [3.05, 3.63) is 0 Å². The fraction of sp³-hybridized carbons (Fsp3) is 0.952. The molecule has 0 aromatic heterocycles. The van der Waals surface area contributed by atoms with E-state index in [1.54, 1.807) is 0 Å². The molecule has 1 aliphatic heterocycles. The van der Waals surface area contributed by atoms with Gasteiger partial charge in [-0.25, -0.2) is 0 Å². The lowest BCUT2D eigenvalue weighted by Gasteiger charge is -2.26. The Balaban J connectivity index is 1.75. The standard InChI is InChI=1S/C21H41NO3/c1-21(2,3)20(23)25-17-13-11-9-7-5-4-6-8-10-12-14-22-15-18-24-19-16-22/h4-19H2,1-3H3. The largest absolute Gasteiger partial charge is 0.465 e. The molecule has 0 aromatic rings. The van der Waals surface area contributed by atoms with Crippen LogP contribution in [0.4, 0.5) is 0 Å². The van der Waals surface area contributed by atoms with Crippen molar-refractivity contribution in [2.75, 3.05) is 39.5 Å². The van der Waals surface area contributed by atoms with Gasteiger partial charge in [-0.15, -0.1) is 0 Å². The molecule has 25 heavy (non-hydrogen) atoms. The number of carbonyl (C=O) groups is 1. The molecule has 0 spiro atoms. The van der Waals surface area contributed by atoms with Crippen molar-refractivity contribution in [2.45, 2.75) is 85.0 Å². The summed E-state index contributed by atoms with van der Waals surface area (Å²) in [7, 11) is 0. The third kappa shape index (κ3) is 12.4. The maximum Gasteiger partial charge on any atom is 0.311 e. The maximum absolute atomic E-state index is 11.6. The number of unbranched alkanes of at least 4 members (excludes halogenated alkanes) is 9. The van der Waals surface area contributed by atoms with Gasteiger partial charge >= 0.3 is 5.97 Å². The molecule has 0 bridgehead atoms. The van der Waals surface area contributed by atoms with Crippen LogP contribution in [-0.2, 0) is 14.3 Å². The van der Waals surface area contributed by atoms with Crippen molar-refractivity contribution in [1.29, 1.82) is 0 Å². The van der Waals surface area contributed by atoms with E-state index in [-0.39, 0.29) is 11.4 Å². The second kappa shape index (κ2) is 13.6. The number of nitrogens with zero attached hydrogens (tertiary/aromatic N) is 1. The van der Waals surface area contributed by atoms with Crippen molar-refractivity contribution in [3.8, 4) is 0 Å². The van der Waals surface area contributed by atoms with E-state index >= 15 is 0 Å². The van der Waals surface area contributed by atoms with E-state index in [0.29, 0.717) is 6.61 Å². The van der Waals surface area contributed by atoms with Gasteiger partial charge in [-0.1, -0.05) is 51.4 Å². The minimum atomic E-state index is -0.373. The fourth-order valence-electron chi connectivity index (χ4n) is 3.06. The Labute approximate surface area is 155 Å². The van der Waals surface area contributed by atoms with Crippen LogP contribution in [0.25, 0.3) is 0 Å². The molecule has 0 atom stereocenters. The molecule has 0 saturated carbocycles. The number of rotatable bonds is 13. The average molecular weight is 356 g/mol. The molecule has 0 aromatic carbocycles. The van der Waals surface area contributed by atoms with E-state index in [2.05, 4.69) is 4.90 Å². The summed E-state index contributed by atoms with van der Waals surface area (Å²) < 4.78 is 10.7. The molecule has 148 valence electrons. The second-order valence-electron chi connectivity index (χ2n) is 8.38. The first-order valence-corrected chi connectivity index (χ1v) is 10.5. The molecule has 1 aliphatic rings. The smallest absolute Gasteiger partial charge is 0.311 e. The summed E-state index contributed by atoms with van der Waals surface area (Å²) >= 11 is 0. The van der Waals surface area contributed by atoms with Gasteiger partial charge in [0.25, 0.3) is 0 Å². The van der Waals surface area contributed by atoms with E-state index in [1.165, 1.54) is 64.3 Å². The molecule has 4 nitrogen and oxygen atoms in total. The third-order valence-electron chi connectivity index (χ3n) is 4.82. The van der Waals surface area contributed by atoms with E-state index < -0.39 is 0 Å². The number of morpholine rings is 1. The number of ether oxygens (including phenoxy) is 2. The first-order valence-electron chi connectivity index (χ1n) is 10.5. The minimum absolute atomic E-state index is 0.0823. The first kappa shape index (κ1) is 22.4. The number of carbonyl (C=O) groups excluding carboxylic acids is 1. The summed E-state index contributed by atoms with van der Waals surface area (Å²) in [5, 5.41) is 0. The van der Waals surface area contributed by atoms with Crippen molar-refractivity contribution < 1.29 is 14.3 Å². The SMILES string of the molecule is CC(C)(C)C(=O)OCCCCCCCCCCCCN1CCOCC1. The van der Waals surface area contributed by atoms with Crippen LogP contribution in [0.1, 0.15) is 85.0 Å². The zero-order valence-corrected chi connectivity index (χ0v) is 17.0. The Bertz CT molecular complexity index is 333. The van der Waals surface area contributed by atoms with Gasteiger partial charge in [-0.3, -0.25) is 9.69 Å². The highest BCUT2D eigenvalue weighted by Gasteiger charge is 2.22. The predicted molar refractivity (Wildman–Crippen MR) is 104 cm³/mol. The van der Waals surface area contributed by atoms with Crippen LogP contribution in [0, 0.1) is 5.41 Å². The number of hydrogen-bond acceptors (Lipinski definition) is 4. The van der Waals surface area contributed by atoms with Gasteiger partial charge in [0, 0.05) is 13.1 Å². The first-order chi connectivity index (χ1) is 12.0. The Morgan fingerprint density at radius 1 is 0.840 bits per heavy atom. The van der Waals surface area contributed by atoms with Crippen molar-refractivity contribution in [2.24, 2.45) is 5.41 Å². The zero-order chi connectivity index (χ0) is 18.4. The second-order valence-corrected chi connectivity index (χ2v) is 8.38. The fourth-order valence-corrected chi connectivity index (χ4v) is 3.06. The quantitative estimate of drug-likeness (QED) is 0.351. The summed E-state index contributed by atoms with van der Waals surface area (Å²) in [4.78, 5) is 14.1. The third-order valence-corrected chi connectivity index (χ3v) is 4.82. The lowest BCUT2D eigenvalue weighted by Crippen LogP contribution is -2.36. The van der Waals surface area contributed by atoms with Crippen LogP contribution in [0.2, 0.25) is 0 Å². The molecule has 1 fully saturated rings. The summed E-state index contributed by atoms with van der Waals surface area (Å²) in [6.07, 6.45) is 13.0. The van der Waals surface area contributed by atoms with Gasteiger partial charge in [-0.05, 0) is 40.2 Å². The molecular formula is C21H41NO3. The van der Waals surface area contributed by atoms with Gasteiger partial charge in [0.15, 0.2) is 0 Å². The normalized spacial score (nSPS) is 16.1. The Hall–Kier alpha value is -0.610. The van der Waals surface area contributed by atoms with E-state index in [4.69, 9.17) is 9.47 Å². The number of hydrogen-bond donors (Lipinski definition) is 0. The van der Waals surface area contributed by atoms with Crippen LogP contribution in [0.15, 0.2) is 0 Å². The van der Waals surface area contributed by atoms with Gasteiger partial charge in [0.1, 0.15) is 0 Å². The molecule has 1 heterocycles.